The Morgan fingerprint density at radius 1 is 0.488 bits per heavy atom. The molecule has 0 saturated heterocycles. The third kappa shape index (κ3) is 12.7. The second-order valence-corrected chi connectivity index (χ2v) is 14.3. The van der Waals surface area contributed by atoms with Crippen molar-refractivity contribution in [1.82, 2.24) is 0 Å². The number of unbranched alkanes of at least 4 members (excludes halogenated alkanes) is 12. The first-order valence-electron chi connectivity index (χ1n) is 17.0. The molecule has 1 heterocycles. The van der Waals surface area contributed by atoms with E-state index in [0.717, 1.165) is 0 Å². The van der Waals surface area contributed by atoms with Crippen LogP contribution in [0.4, 0.5) is 22.7 Å². The Balaban J connectivity index is 0.00000588. The molecule has 1 N–H and O–H groups in total. The topological polar surface area (TPSA) is 18.5 Å². The predicted molar refractivity (Wildman–Crippen MR) is 184 cm³/mol. The molecule has 2 aromatic carbocycles. The number of fused-ring (bicyclic) bond motifs is 2. The van der Waals surface area contributed by atoms with Crippen LogP contribution in [-0.2, 0) is 0 Å². The van der Waals surface area contributed by atoms with Crippen LogP contribution in [0.25, 0.3) is 0 Å². The van der Waals surface area contributed by atoms with Crippen molar-refractivity contribution >= 4 is 46.6 Å². The van der Waals surface area contributed by atoms with Gasteiger partial charge in [0.2, 0.25) is 0 Å². The molecule has 2 aromatic rings. The second kappa shape index (κ2) is 21.7. The summed E-state index contributed by atoms with van der Waals surface area (Å²) in [5.74, 6) is 0. The molecular weight excluding hydrogens is 680 g/mol. The molecule has 0 spiro atoms. The van der Waals surface area contributed by atoms with Crippen molar-refractivity contribution in [2.75, 3.05) is 41.3 Å². The molecule has 0 radical (unpaired) electrons. The zero-order valence-corrected chi connectivity index (χ0v) is 30.9. The summed E-state index contributed by atoms with van der Waals surface area (Å²) >= 11 is -0.0218. The Labute approximate surface area is 277 Å². The third-order valence-electron chi connectivity index (χ3n) is 8.33. The molecule has 41 heavy (non-hydrogen) atoms. The quantitative estimate of drug-likeness (QED) is 0.0768. The normalized spacial score (nSPS) is 11.8. The summed E-state index contributed by atoms with van der Waals surface area (Å²) in [6.45, 7) is 14.0. The van der Waals surface area contributed by atoms with Gasteiger partial charge in [0, 0.05) is 0 Å². The Morgan fingerprint density at radius 2 is 0.829 bits per heavy atom. The third-order valence-corrected chi connectivity index (χ3v) is 10.9. The first-order valence-corrected chi connectivity index (χ1v) is 18.8. The maximum Gasteiger partial charge on any atom is -1.00 e. The number of anilines is 4. The van der Waals surface area contributed by atoms with E-state index in [1.165, 1.54) is 152 Å². The summed E-state index contributed by atoms with van der Waals surface area (Å²) < 4.78 is 3.09. The summed E-state index contributed by atoms with van der Waals surface area (Å²) in [4.78, 5) is 5.37. The van der Waals surface area contributed by atoms with Crippen molar-refractivity contribution in [2.24, 2.45) is 0 Å². The van der Waals surface area contributed by atoms with Crippen LogP contribution < -0.4 is 48.0 Å². The first-order chi connectivity index (χ1) is 19.7. The van der Waals surface area contributed by atoms with Gasteiger partial charge >= 0.3 is 255 Å². The van der Waals surface area contributed by atoms with Crippen molar-refractivity contribution in [3.05, 3.63) is 36.4 Å². The Kier molecular flexibility index (Phi) is 19.2. The zero-order valence-electron chi connectivity index (χ0n) is 26.8. The zero-order chi connectivity index (χ0) is 28.4. The van der Waals surface area contributed by atoms with Crippen molar-refractivity contribution < 1.29 is 24.0 Å². The van der Waals surface area contributed by atoms with Gasteiger partial charge in [0.15, 0.2) is 0 Å². The maximum absolute atomic E-state index is 3.80. The van der Waals surface area contributed by atoms with Gasteiger partial charge in [-0.15, -0.1) is 0 Å². The van der Waals surface area contributed by atoms with Crippen molar-refractivity contribution in [1.29, 1.82) is 0 Å². The molecule has 0 amide bonds. The van der Waals surface area contributed by atoms with E-state index in [0.29, 0.717) is 0 Å². The van der Waals surface area contributed by atoms with Crippen LogP contribution in [0.1, 0.15) is 130 Å². The summed E-state index contributed by atoms with van der Waals surface area (Å²) in [7, 11) is 0. The van der Waals surface area contributed by atoms with Crippen LogP contribution in [0.5, 0.6) is 0 Å². The molecule has 3 rings (SSSR count). The maximum atomic E-state index is 3.80. The molecule has 1 aliphatic rings. The molecule has 5 heteroatoms. The molecule has 0 aromatic heterocycles. The minimum absolute atomic E-state index is 0. The number of benzene rings is 2. The van der Waals surface area contributed by atoms with Crippen LogP contribution in [0, 0.1) is 0 Å². The van der Waals surface area contributed by atoms with E-state index < -0.39 is 0 Å². The van der Waals surface area contributed by atoms with Gasteiger partial charge in [0.1, 0.15) is 0 Å². The largest absolute Gasteiger partial charge is 1.00 e. The molecule has 0 aliphatic carbocycles. The smallest absolute Gasteiger partial charge is 1.00 e. The van der Waals surface area contributed by atoms with Gasteiger partial charge in [0.05, 0.1) is 0 Å². The molecule has 0 unspecified atom stereocenters. The van der Waals surface area contributed by atoms with E-state index in [1.807, 2.05) is 0 Å². The number of halogens is 1. The molecule has 0 atom stereocenters. The van der Waals surface area contributed by atoms with E-state index >= 15 is 0 Å². The molecule has 0 fully saturated rings. The van der Waals surface area contributed by atoms with Crippen LogP contribution >= 0.6 is 0 Å². The average molecular weight is 741 g/mol. The first kappa shape index (κ1) is 36.3. The van der Waals surface area contributed by atoms with E-state index in [-0.39, 0.29) is 38.9 Å². The van der Waals surface area contributed by atoms with Gasteiger partial charge < -0.3 is 24.0 Å². The van der Waals surface area contributed by atoms with Gasteiger partial charge in [-0.3, -0.25) is 0 Å². The molecule has 3 nitrogen and oxygen atoms in total. The van der Waals surface area contributed by atoms with Gasteiger partial charge in [-0.25, -0.2) is 0 Å². The Hall–Kier alpha value is -0.911. The monoisotopic (exact) mass is 741 g/mol. The summed E-state index contributed by atoms with van der Waals surface area (Å²) in [5.41, 5.74) is 5.54. The fraction of sp³-hybridized carbons (Fsp3) is 0.667. The summed E-state index contributed by atoms with van der Waals surface area (Å²) in [6.07, 6.45) is 21.3. The van der Waals surface area contributed by atoms with E-state index in [4.69, 9.17) is 0 Å². The minimum Gasteiger partial charge on any atom is -1.00 e. The molecule has 0 bridgehead atoms. The van der Waals surface area contributed by atoms with Crippen LogP contribution in [0.15, 0.2) is 36.4 Å². The van der Waals surface area contributed by atoms with Gasteiger partial charge in [-0.1, -0.05) is 0 Å². The summed E-state index contributed by atoms with van der Waals surface area (Å²) in [6, 6.07) is 14.5. The molecule has 232 valence electrons. The van der Waals surface area contributed by atoms with Gasteiger partial charge in [-0.2, -0.15) is 0 Å². The van der Waals surface area contributed by atoms with Gasteiger partial charge in [0.25, 0.3) is 0 Å². The fourth-order valence-electron chi connectivity index (χ4n) is 5.76. The van der Waals surface area contributed by atoms with E-state index in [1.54, 1.807) is 8.92 Å². The van der Waals surface area contributed by atoms with Gasteiger partial charge in [-0.05, 0) is 0 Å². The number of hydrogen-bond donors (Lipinski definition) is 1. The Bertz CT molecular complexity index is 866. The Morgan fingerprint density at radius 3 is 1.15 bits per heavy atom. The minimum atomic E-state index is -0.0218. The number of nitrogens with zero attached hydrogens (tertiary/aromatic N) is 2. The molecule has 1 aliphatic heterocycles. The standard InChI is InChI=1S/C36H59N3Se.HI/c1-5-9-13-17-25-38(26-18-14-10-6-2)31-21-23-33-35(29-31)40-36-30-32(22-24-34(36)37-33)39(27-19-15-11-7-3)28-20-16-12-8-4;/h21-24,29-30,37H,5-20,25-28H2,1-4H3;1H. The number of nitrogens with one attached hydrogen (secondary N) is 1. The van der Waals surface area contributed by atoms with E-state index in [2.05, 4.69) is 79.2 Å². The summed E-state index contributed by atoms with van der Waals surface area (Å²) in [5, 5.41) is 3.80. The van der Waals surface area contributed by atoms with Crippen molar-refractivity contribution in [3.8, 4) is 0 Å². The van der Waals surface area contributed by atoms with Crippen molar-refractivity contribution in [2.45, 2.75) is 130 Å². The predicted octanol–water partition coefficient (Wildman–Crippen LogP) is 6.07. The SMILES string of the molecule is CCCCCCN(CCCCCC)c1ccc2c(c1)[SeH+]c1cc(N(CCCCCC)CCCCCC)ccc1N2.[I-]. The molecule has 0 saturated carbocycles. The number of rotatable bonds is 22. The molecular formula is C36H60IN3Se. The average Bonchev–Trinajstić information content (AvgIpc) is 2.98. The number of hydrogen-bond acceptors (Lipinski definition) is 3. The van der Waals surface area contributed by atoms with E-state index in [9.17, 15) is 0 Å². The van der Waals surface area contributed by atoms with Crippen LogP contribution in [-0.4, -0.2) is 41.1 Å². The fourth-order valence-corrected chi connectivity index (χ4v) is 8.19. The second-order valence-electron chi connectivity index (χ2n) is 11.9. The van der Waals surface area contributed by atoms with Crippen LogP contribution in [0.3, 0.4) is 0 Å². The van der Waals surface area contributed by atoms with Crippen LogP contribution in [0.2, 0.25) is 0 Å². The van der Waals surface area contributed by atoms with Crippen molar-refractivity contribution in [3.63, 3.8) is 0 Å².